The van der Waals surface area contributed by atoms with Crippen LogP contribution in [0.15, 0.2) is 48.5 Å². The average molecular weight is 753 g/mol. The third-order valence-electron chi connectivity index (χ3n) is 12.7. The highest BCUT2D eigenvalue weighted by atomic mass is 16.3. The molecule has 0 bridgehead atoms. The van der Waals surface area contributed by atoms with Crippen molar-refractivity contribution in [1.29, 1.82) is 0 Å². The molecular formula is C52H80O3. The van der Waals surface area contributed by atoms with E-state index in [1.807, 2.05) is 12.1 Å². The van der Waals surface area contributed by atoms with Crippen LogP contribution in [-0.2, 0) is 40.9 Å². The van der Waals surface area contributed by atoms with Crippen molar-refractivity contribution >= 4 is 0 Å². The number of rotatable bonds is 9. The summed E-state index contributed by atoms with van der Waals surface area (Å²) in [5, 5.41) is 30.5. The number of phenolic OH excluding ortho intramolecular Hbond substituents is 3. The zero-order valence-corrected chi connectivity index (χ0v) is 37.3. The van der Waals surface area contributed by atoms with Gasteiger partial charge in [0.25, 0.3) is 0 Å². The molecule has 0 heterocycles. The van der Waals surface area contributed by atoms with Crippen molar-refractivity contribution < 1.29 is 15.3 Å². The average Bonchev–Trinajstić information content (AvgIpc) is 2.99. The van der Waals surface area contributed by atoms with E-state index in [-0.39, 0.29) is 21.7 Å². The van der Waals surface area contributed by atoms with E-state index in [1.54, 1.807) is 12.1 Å². The predicted octanol–water partition coefficient (Wildman–Crippen LogP) is 14.6. The predicted molar refractivity (Wildman–Crippen MR) is 236 cm³/mol. The van der Waals surface area contributed by atoms with Crippen LogP contribution in [0.25, 0.3) is 0 Å². The zero-order chi connectivity index (χ0) is 40.8. The van der Waals surface area contributed by atoms with Gasteiger partial charge in [0.1, 0.15) is 17.2 Å². The Hall–Kier alpha value is -2.94. The van der Waals surface area contributed by atoms with Gasteiger partial charge < -0.3 is 15.3 Å². The van der Waals surface area contributed by atoms with Crippen molar-refractivity contribution in [3.63, 3.8) is 0 Å². The van der Waals surface area contributed by atoms with Crippen LogP contribution >= 0.6 is 0 Å². The van der Waals surface area contributed by atoms with Crippen molar-refractivity contribution in [3.05, 3.63) is 87.5 Å². The summed E-state index contributed by atoms with van der Waals surface area (Å²) in [7, 11) is 0. The van der Waals surface area contributed by atoms with Crippen LogP contribution in [0.2, 0.25) is 0 Å². The normalized spacial score (nSPS) is 16.9. The molecule has 0 aromatic heterocycles. The molecule has 3 fully saturated rings. The van der Waals surface area contributed by atoms with Crippen LogP contribution in [0.3, 0.4) is 0 Å². The summed E-state index contributed by atoms with van der Waals surface area (Å²) in [5.74, 6) is 4.23. The molecule has 3 aliphatic rings. The molecule has 0 amide bonds. The van der Waals surface area contributed by atoms with Crippen LogP contribution in [0.1, 0.15) is 199 Å². The molecular weight excluding hydrogens is 673 g/mol. The molecule has 0 aliphatic heterocycles. The maximum absolute atomic E-state index is 10.7. The Balaban J connectivity index is 0.000000189. The summed E-state index contributed by atoms with van der Waals surface area (Å²) in [6.07, 6.45) is 20.2. The lowest BCUT2D eigenvalue weighted by Crippen LogP contribution is -2.18. The summed E-state index contributed by atoms with van der Waals surface area (Å²) in [4.78, 5) is 0. The molecule has 3 nitrogen and oxygen atoms in total. The van der Waals surface area contributed by atoms with Crippen LogP contribution in [0.5, 0.6) is 17.2 Å². The number of hydrogen-bond donors (Lipinski definition) is 3. The van der Waals surface area contributed by atoms with Gasteiger partial charge in [0, 0.05) is 0 Å². The molecule has 0 radical (unpaired) electrons. The van der Waals surface area contributed by atoms with E-state index in [9.17, 15) is 10.2 Å². The smallest absolute Gasteiger partial charge is 0.123 e. The van der Waals surface area contributed by atoms with Gasteiger partial charge in [0.2, 0.25) is 0 Å². The fraction of sp³-hybridized carbons (Fsp3) is 0.654. The van der Waals surface area contributed by atoms with Gasteiger partial charge >= 0.3 is 0 Å². The molecule has 306 valence electrons. The van der Waals surface area contributed by atoms with Gasteiger partial charge in [0.05, 0.1) is 0 Å². The Morgan fingerprint density at radius 3 is 0.873 bits per heavy atom. The molecule has 3 aromatic carbocycles. The highest BCUT2D eigenvalue weighted by Gasteiger charge is 2.28. The van der Waals surface area contributed by atoms with Crippen LogP contribution in [0, 0.1) is 17.8 Å². The minimum Gasteiger partial charge on any atom is -0.508 e. The summed E-state index contributed by atoms with van der Waals surface area (Å²) in [5.41, 5.74) is 8.46. The standard InChI is InChI=1S/2C20H32O.C12H16O/c2*1-19(2,3)16-12-15(11-10-14-8-7-9-14)13-17(18(16)21)20(4,5)6;13-12-8-6-11(7-9-12)5-4-10-2-1-3-10/h2*12-14,21H,7-11H2,1-6H3;6-10,13H,1-5H2. The lowest BCUT2D eigenvalue weighted by Gasteiger charge is -2.29. The molecule has 0 atom stereocenters. The van der Waals surface area contributed by atoms with Gasteiger partial charge in [-0.05, 0) is 129 Å². The van der Waals surface area contributed by atoms with Gasteiger partial charge in [-0.2, -0.15) is 0 Å². The van der Waals surface area contributed by atoms with Crippen LogP contribution in [-0.4, -0.2) is 15.3 Å². The van der Waals surface area contributed by atoms with Crippen molar-refractivity contribution in [2.24, 2.45) is 17.8 Å². The largest absolute Gasteiger partial charge is 0.508 e. The Bertz CT molecular complexity index is 1470. The molecule has 3 N–H and O–H groups in total. The Labute approximate surface area is 337 Å². The highest BCUT2D eigenvalue weighted by molar-refractivity contribution is 5.51. The molecule has 3 heteroatoms. The molecule has 3 aliphatic carbocycles. The minimum atomic E-state index is -0.0173. The summed E-state index contributed by atoms with van der Waals surface area (Å²) >= 11 is 0. The first-order valence-corrected chi connectivity index (χ1v) is 22.0. The van der Waals surface area contributed by atoms with Gasteiger partial charge in [0.15, 0.2) is 0 Å². The second kappa shape index (κ2) is 18.5. The first kappa shape index (κ1) is 44.8. The first-order valence-electron chi connectivity index (χ1n) is 22.0. The number of hydrogen-bond acceptors (Lipinski definition) is 3. The van der Waals surface area contributed by atoms with Crippen molar-refractivity contribution in [2.45, 2.75) is 201 Å². The van der Waals surface area contributed by atoms with E-state index in [1.165, 1.54) is 100 Å². The van der Waals surface area contributed by atoms with Crippen LogP contribution < -0.4 is 0 Å². The fourth-order valence-corrected chi connectivity index (χ4v) is 8.08. The number of aromatic hydroxyl groups is 3. The number of benzene rings is 3. The second-order valence-electron chi connectivity index (χ2n) is 21.8. The van der Waals surface area contributed by atoms with Gasteiger partial charge in [-0.15, -0.1) is 0 Å². The van der Waals surface area contributed by atoms with E-state index in [4.69, 9.17) is 5.11 Å². The minimum absolute atomic E-state index is 0.0173. The molecule has 0 saturated heterocycles. The fourth-order valence-electron chi connectivity index (χ4n) is 8.08. The highest BCUT2D eigenvalue weighted by Crippen LogP contribution is 2.42. The van der Waals surface area contributed by atoms with E-state index in [2.05, 4.69) is 107 Å². The molecule has 3 aromatic rings. The first-order chi connectivity index (χ1) is 25.5. The third-order valence-corrected chi connectivity index (χ3v) is 12.7. The van der Waals surface area contributed by atoms with Gasteiger partial charge in [-0.3, -0.25) is 0 Å². The van der Waals surface area contributed by atoms with Gasteiger partial charge in [-0.25, -0.2) is 0 Å². The number of phenols is 3. The monoisotopic (exact) mass is 753 g/mol. The molecule has 0 spiro atoms. The SMILES string of the molecule is CC(C)(C)c1cc(CCC2CCC2)cc(C(C)(C)C)c1O.CC(C)(C)c1cc(CCC2CCC2)cc(C(C)(C)C)c1O.Oc1ccc(CCC2CCC2)cc1. The molecule has 6 rings (SSSR count). The zero-order valence-electron chi connectivity index (χ0n) is 37.3. The van der Waals surface area contributed by atoms with E-state index < -0.39 is 0 Å². The quantitative estimate of drug-likeness (QED) is 0.204. The molecule has 55 heavy (non-hydrogen) atoms. The Morgan fingerprint density at radius 1 is 0.400 bits per heavy atom. The maximum atomic E-state index is 10.7. The number of aryl methyl sites for hydroxylation is 3. The molecule has 0 unspecified atom stereocenters. The van der Waals surface area contributed by atoms with Crippen molar-refractivity contribution in [2.75, 3.05) is 0 Å². The lowest BCUT2D eigenvalue weighted by atomic mass is 9.77. The van der Waals surface area contributed by atoms with E-state index >= 15 is 0 Å². The van der Waals surface area contributed by atoms with Crippen molar-refractivity contribution in [3.8, 4) is 17.2 Å². The van der Waals surface area contributed by atoms with Crippen LogP contribution in [0.4, 0.5) is 0 Å². The topological polar surface area (TPSA) is 60.7 Å². The molecule has 3 saturated carbocycles. The van der Waals surface area contributed by atoms with E-state index in [0.717, 1.165) is 52.8 Å². The Morgan fingerprint density at radius 2 is 0.655 bits per heavy atom. The van der Waals surface area contributed by atoms with E-state index in [0.29, 0.717) is 17.2 Å². The summed E-state index contributed by atoms with van der Waals surface area (Å²) in [6.45, 7) is 26.2. The summed E-state index contributed by atoms with van der Waals surface area (Å²) < 4.78 is 0. The maximum Gasteiger partial charge on any atom is 0.123 e. The van der Waals surface area contributed by atoms with Gasteiger partial charge in [-0.1, -0.05) is 177 Å². The lowest BCUT2D eigenvalue weighted by molar-refractivity contribution is 0.296. The third kappa shape index (κ3) is 13.3. The van der Waals surface area contributed by atoms with Crippen molar-refractivity contribution in [1.82, 2.24) is 0 Å². The Kier molecular flexibility index (Phi) is 15.1. The summed E-state index contributed by atoms with van der Waals surface area (Å²) in [6, 6.07) is 16.5. The second-order valence-corrected chi connectivity index (χ2v) is 21.8.